The van der Waals surface area contributed by atoms with Crippen LogP contribution in [0.25, 0.3) is 0 Å². The Bertz CT molecular complexity index is 1100. The molecule has 10 heteroatoms. The Morgan fingerprint density at radius 2 is 1.97 bits per heavy atom. The third kappa shape index (κ3) is 3.88. The van der Waals surface area contributed by atoms with Gasteiger partial charge in [0.2, 0.25) is 11.8 Å². The van der Waals surface area contributed by atoms with E-state index in [0.717, 1.165) is 49.0 Å². The molecule has 2 aromatic rings. The van der Waals surface area contributed by atoms with Crippen molar-refractivity contribution in [3.8, 4) is 0 Å². The van der Waals surface area contributed by atoms with Gasteiger partial charge in [0.1, 0.15) is 11.9 Å². The van der Waals surface area contributed by atoms with Crippen molar-refractivity contribution >= 4 is 34.7 Å². The Balaban J connectivity index is 1.32. The van der Waals surface area contributed by atoms with Gasteiger partial charge in [-0.3, -0.25) is 24.6 Å². The molecule has 1 N–H and O–H groups in total. The topological polar surface area (TPSA) is 85.8 Å². The van der Waals surface area contributed by atoms with Gasteiger partial charge in [-0.05, 0) is 25.5 Å². The maximum atomic E-state index is 14.5. The van der Waals surface area contributed by atoms with Crippen molar-refractivity contribution in [1.82, 2.24) is 20.1 Å². The summed E-state index contributed by atoms with van der Waals surface area (Å²) in [5.74, 6) is -1.60. The molecule has 3 aliphatic rings. The number of nitrogens with zero attached hydrogens (tertiary/aromatic N) is 4. The molecule has 2 saturated heterocycles. The second kappa shape index (κ2) is 8.25. The van der Waals surface area contributed by atoms with Crippen LogP contribution in [0.4, 0.5) is 10.1 Å². The Kier molecular flexibility index (Phi) is 5.42. The molecule has 0 radical (unpaired) electrons. The summed E-state index contributed by atoms with van der Waals surface area (Å²) >= 11 is 1.70. The molecule has 4 heterocycles. The lowest BCUT2D eigenvalue weighted by atomic mass is 10.0. The summed E-state index contributed by atoms with van der Waals surface area (Å²) in [5, 5.41) is 3.36. The third-order valence-corrected chi connectivity index (χ3v) is 7.26. The number of carbonyl (C=O) groups excluding carboxylic acids is 3. The summed E-state index contributed by atoms with van der Waals surface area (Å²) in [6, 6.07) is 2.04. The molecule has 1 aromatic heterocycles. The van der Waals surface area contributed by atoms with Gasteiger partial charge in [-0.2, -0.15) is 0 Å². The Hall–Kier alpha value is -2.85. The SMILES string of the molecule is Cc1ncc(CN2CCN(c3cc(F)cc4c3CN(C3CCC(=O)NC3=O)C4=O)CC2)s1. The maximum Gasteiger partial charge on any atom is 0.255 e. The number of aromatic nitrogens is 1. The van der Waals surface area contributed by atoms with E-state index in [0.29, 0.717) is 5.56 Å². The minimum atomic E-state index is -0.705. The number of benzene rings is 1. The van der Waals surface area contributed by atoms with E-state index in [4.69, 9.17) is 0 Å². The van der Waals surface area contributed by atoms with Crippen LogP contribution in [0.1, 0.15) is 38.6 Å². The third-order valence-electron chi connectivity index (χ3n) is 6.36. The molecule has 0 bridgehead atoms. The van der Waals surface area contributed by atoms with Crippen LogP contribution in [0.3, 0.4) is 0 Å². The van der Waals surface area contributed by atoms with Gasteiger partial charge >= 0.3 is 0 Å². The first kappa shape index (κ1) is 21.0. The first-order valence-corrected chi connectivity index (χ1v) is 11.6. The number of aryl methyl sites for hydroxylation is 1. The summed E-state index contributed by atoms with van der Waals surface area (Å²) in [6.45, 7) is 6.19. The zero-order valence-electron chi connectivity index (χ0n) is 17.8. The molecule has 3 amide bonds. The van der Waals surface area contributed by atoms with Crippen molar-refractivity contribution in [3.63, 3.8) is 0 Å². The number of carbonyl (C=O) groups is 3. The largest absolute Gasteiger partial charge is 0.369 e. The second-order valence-electron chi connectivity index (χ2n) is 8.46. The lowest BCUT2D eigenvalue weighted by Crippen LogP contribution is -2.52. The zero-order chi connectivity index (χ0) is 22.4. The van der Waals surface area contributed by atoms with Gasteiger partial charge in [-0.25, -0.2) is 9.37 Å². The smallest absolute Gasteiger partial charge is 0.255 e. The van der Waals surface area contributed by atoms with E-state index in [1.807, 2.05) is 13.1 Å². The predicted octanol–water partition coefficient (Wildman–Crippen LogP) is 1.67. The summed E-state index contributed by atoms with van der Waals surface area (Å²) in [6.07, 6.45) is 2.40. The normalized spacial score (nSPS) is 21.8. The number of hydrogen-bond acceptors (Lipinski definition) is 7. The number of hydrogen-bond donors (Lipinski definition) is 1. The minimum Gasteiger partial charge on any atom is -0.369 e. The average Bonchev–Trinajstić information content (AvgIpc) is 3.31. The van der Waals surface area contributed by atoms with Crippen molar-refractivity contribution in [3.05, 3.63) is 45.2 Å². The van der Waals surface area contributed by atoms with Crippen molar-refractivity contribution in [2.24, 2.45) is 0 Å². The molecular formula is C22H24FN5O3S. The number of amides is 3. The molecule has 1 aromatic carbocycles. The molecule has 5 rings (SSSR count). The molecule has 168 valence electrons. The van der Waals surface area contributed by atoms with E-state index in [2.05, 4.69) is 20.1 Å². The van der Waals surface area contributed by atoms with Crippen LogP contribution in [-0.4, -0.2) is 64.7 Å². The molecule has 1 unspecified atom stereocenters. The highest BCUT2D eigenvalue weighted by atomic mass is 32.1. The van der Waals surface area contributed by atoms with E-state index in [1.165, 1.54) is 21.9 Å². The van der Waals surface area contributed by atoms with Crippen molar-refractivity contribution in [2.45, 2.75) is 38.9 Å². The Morgan fingerprint density at radius 1 is 1.19 bits per heavy atom. The number of fused-ring (bicyclic) bond motifs is 1. The molecule has 1 atom stereocenters. The quantitative estimate of drug-likeness (QED) is 0.703. The van der Waals surface area contributed by atoms with E-state index in [1.54, 1.807) is 11.3 Å². The molecular weight excluding hydrogens is 433 g/mol. The van der Waals surface area contributed by atoms with Crippen molar-refractivity contribution in [2.75, 3.05) is 31.1 Å². The minimum absolute atomic E-state index is 0.193. The lowest BCUT2D eigenvalue weighted by Gasteiger charge is -2.36. The van der Waals surface area contributed by atoms with Crippen LogP contribution >= 0.6 is 11.3 Å². The summed E-state index contributed by atoms with van der Waals surface area (Å²) in [5.41, 5.74) is 1.79. The Labute approximate surface area is 189 Å². The van der Waals surface area contributed by atoms with Crippen LogP contribution in [-0.2, 0) is 22.7 Å². The molecule has 0 saturated carbocycles. The standard InChI is InChI=1S/C22H24FN5O3S/c1-13-24-10-15(32-13)11-26-4-6-27(7-5-26)19-9-14(23)8-16-17(19)12-28(22(16)31)18-2-3-20(29)25-21(18)30/h8-10,18H,2-7,11-12H2,1H3,(H,25,29,30). The van der Waals surface area contributed by atoms with Crippen LogP contribution in [0.15, 0.2) is 18.3 Å². The summed E-state index contributed by atoms with van der Waals surface area (Å²) < 4.78 is 14.5. The van der Waals surface area contributed by atoms with Gasteiger partial charge in [0.15, 0.2) is 0 Å². The molecule has 8 nitrogen and oxygen atoms in total. The van der Waals surface area contributed by atoms with E-state index in [-0.39, 0.29) is 31.2 Å². The van der Waals surface area contributed by atoms with E-state index < -0.39 is 17.8 Å². The van der Waals surface area contributed by atoms with E-state index in [9.17, 15) is 18.8 Å². The van der Waals surface area contributed by atoms with Crippen LogP contribution < -0.4 is 10.2 Å². The van der Waals surface area contributed by atoms with Gasteiger partial charge in [-0.15, -0.1) is 11.3 Å². The summed E-state index contributed by atoms with van der Waals surface area (Å²) in [7, 11) is 0. The highest BCUT2D eigenvalue weighted by molar-refractivity contribution is 7.11. The van der Waals surface area contributed by atoms with Crippen LogP contribution in [0.5, 0.6) is 0 Å². The number of nitrogens with one attached hydrogen (secondary N) is 1. The van der Waals surface area contributed by atoms with E-state index >= 15 is 0 Å². The van der Waals surface area contributed by atoms with Crippen LogP contribution in [0.2, 0.25) is 0 Å². The van der Waals surface area contributed by atoms with Gasteiger partial charge in [0.05, 0.1) is 5.01 Å². The lowest BCUT2D eigenvalue weighted by molar-refractivity contribution is -0.136. The molecule has 3 aliphatic heterocycles. The first-order chi connectivity index (χ1) is 15.4. The molecule has 0 spiro atoms. The second-order valence-corrected chi connectivity index (χ2v) is 9.78. The van der Waals surface area contributed by atoms with Gasteiger partial charge in [0, 0.05) is 73.6 Å². The van der Waals surface area contributed by atoms with Gasteiger partial charge in [0.25, 0.3) is 5.91 Å². The van der Waals surface area contributed by atoms with Crippen molar-refractivity contribution < 1.29 is 18.8 Å². The number of rotatable bonds is 4. The fraction of sp³-hybridized carbons (Fsp3) is 0.455. The highest BCUT2D eigenvalue weighted by Crippen LogP contribution is 2.35. The molecule has 2 fully saturated rings. The van der Waals surface area contributed by atoms with Gasteiger partial charge in [-0.1, -0.05) is 0 Å². The van der Waals surface area contributed by atoms with Crippen LogP contribution in [0, 0.1) is 12.7 Å². The highest BCUT2D eigenvalue weighted by Gasteiger charge is 2.41. The molecule has 0 aliphatic carbocycles. The summed E-state index contributed by atoms with van der Waals surface area (Å²) in [4.78, 5) is 48.3. The van der Waals surface area contributed by atoms with Crippen molar-refractivity contribution in [1.29, 1.82) is 0 Å². The number of piperidine rings is 1. The fourth-order valence-corrected chi connectivity index (χ4v) is 5.57. The Morgan fingerprint density at radius 3 is 2.66 bits per heavy atom. The maximum absolute atomic E-state index is 14.5. The zero-order valence-corrected chi connectivity index (χ0v) is 18.6. The number of piperazine rings is 1. The number of thiazole rings is 1. The number of imide groups is 1. The predicted molar refractivity (Wildman–Crippen MR) is 117 cm³/mol. The first-order valence-electron chi connectivity index (χ1n) is 10.7. The average molecular weight is 458 g/mol. The van der Waals surface area contributed by atoms with Gasteiger partial charge < -0.3 is 9.80 Å². The fourth-order valence-electron chi connectivity index (χ4n) is 4.74. The number of halogens is 1. The number of anilines is 1. The molecule has 32 heavy (non-hydrogen) atoms. The monoisotopic (exact) mass is 457 g/mol.